The molecule has 1 aromatic heterocycles. The van der Waals surface area contributed by atoms with Crippen molar-refractivity contribution < 1.29 is 0 Å². The molecule has 0 saturated carbocycles. The van der Waals surface area contributed by atoms with Crippen LogP contribution in [0.15, 0.2) is 30.5 Å². The average Bonchev–Trinajstić information content (AvgIpc) is 2.29. The van der Waals surface area contributed by atoms with Crippen LogP contribution < -0.4 is 5.32 Å². The molecule has 1 heterocycles. The van der Waals surface area contributed by atoms with Gasteiger partial charge in [0.1, 0.15) is 0 Å². The maximum Gasteiger partial charge on any atom is 0.0747 e. The zero-order chi connectivity index (χ0) is 11.4. The van der Waals surface area contributed by atoms with Gasteiger partial charge in [-0.3, -0.25) is 4.98 Å². The van der Waals surface area contributed by atoms with Gasteiger partial charge in [0.05, 0.1) is 5.52 Å². The number of benzene rings is 1. The number of fused-ring (bicyclic) bond motifs is 1. The molecule has 0 atom stereocenters. The van der Waals surface area contributed by atoms with Gasteiger partial charge >= 0.3 is 0 Å². The number of pyridine rings is 1. The van der Waals surface area contributed by atoms with Crippen molar-refractivity contribution in [1.82, 2.24) is 10.3 Å². The largest absolute Gasteiger partial charge is 0.313 e. The number of nitrogens with one attached hydrogen (secondary N) is 1. The number of aromatic nitrogens is 1. The third-order valence-corrected chi connectivity index (χ3v) is 2.71. The molecular weight excluding hydrogens is 220 g/mol. The van der Waals surface area contributed by atoms with Crippen LogP contribution in [-0.4, -0.2) is 11.5 Å². The SMILES string of the molecule is CCCNCc1cc(Cl)cc2cccnc12. The van der Waals surface area contributed by atoms with E-state index in [-0.39, 0.29) is 0 Å². The van der Waals surface area contributed by atoms with E-state index in [9.17, 15) is 0 Å². The van der Waals surface area contributed by atoms with E-state index in [4.69, 9.17) is 11.6 Å². The van der Waals surface area contributed by atoms with Crippen LogP contribution in [0.2, 0.25) is 5.02 Å². The number of hydrogen-bond acceptors (Lipinski definition) is 2. The molecule has 0 amide bonds. The van der Waals surface area contributed by atoms with E-state index in [1.54, 1.807) is 0 Å². The fraction of sp³-hybridized carbons (Fsp3) is 0.308. The highest BCUT2D eigenvalue weighted by Crippen LogP contribution is 2.21. The second-order valence-corrected chi connectivity index (χ2v) is 4.25. The summed E-state index contributed by atoms with van der Waals surface area (Å²) in [7, 11) is 0. The lowest BCUT2D eigenvalue weighted by atomic mass is 10.1. The van der Waals surface area contributed by atoms with Gasteiger partial charge in [-0.15, -0.1) is 0 Å². The first-order chi connectivity index (χ1) is 7.81. The summed E-state index contributed by atoms with van der Waals surface area (Å²) in [5, 5.41) is 5.24. The van der Waals surface area contributed by atoms with Gasteiger partial charge in [-0.05, 0) is 36.7 Å². The van der Waals surface area contributed by atoms with Crippen molar-refractivity contribution in [1.29, 1.82) is 0 Å². The highest BCUT2D eigenvalue weighted by Gasteiger charge is 2.03. The Morgan fingerprint density at radius 2 is 2.25 bits per heavy atom. The highest BCUT2D eigenvalue weighted by molar-refractivity contribution is 6.31. The first-order valence-electron chi connectivity index (χ1n) is 5.55. The maximum absolute atomic E-state index is 6.08. The van der Waals surface area contributed by atoms with Crippen LogP contribution in [0.3, 0.4) is 0 Å². The van der Waals surface area contributed by atoms with Crippen LogP contribution >= 0.6 is 11.6 Å². The Labute approximate surface area is 101 Å². The Hall–Kier alpha value is -1.12. The molecule has 0 aliphatic heterocycles. The molecule has 84 valence electrons. The van der Waals surface area contributed by atoms with Crippen molar-refractivity contribution in [3.8, 4) is 0 Å². The van der Waals surface area contributed by atoms with Crippen molar-refractivity contribution in [3.05, 3.63) is 41.0 Å². The van der Waals surface area contributed by atoms with Crippen LogP contribution in [-0.2, 0) is 6.54 Å². The zero-order valence-electron chi connectivity index (χ0n) is 9.33. The summed E-state index contributed by atoms with van der Waals surface area (Å²) in [5.41, 5.74) is 2.20. The molecule has 1 aromatic carbocycles. The quantitative estimate of drug-likeness (QED) is 0.821. The third-order valence-electron chi connectivity index (χ3n) is 2.49. The molecule has 0 aliphatic carbocycles. The second kappa shape index (κ2) is 5.28. The first-order valence-corrected chi connectivity index (χ1v) is 5.93. The van der Waals surface area contributed by atoms with E-state index in [0.717, 1.165) is 41.0 Å². The van der Waals surface area contributed by atoms with Gasteiger partial charge in [0.15, 0.2) is 0 Å². The molecule has 1 N–H and O–H groups in total. The third kappa shape index (κ3) is 2.52. The molecule has 2 rings (SSSR count). The van der Waals surface area contributed by atoms with Gasteiger partial charge in [-0.2, -0.15) is 0 Å². The molecule has 2 aromatic rings. The predicted octanol–water partition coefficient (Wildman–Crippen LogP) is 3.39. The van der Waals surface area contributed by atoms with Crippen molar-refractivity contribution in [3.63, 3.8) is 0 Å². The molecule has 0 radical (unpaired) electrons. The second-order valence-electron chi connectivity index (χ2n) is 3.82. The van der Waals surface area contributed by atoms with Gasteiger partial charge in [-0.1, -0.05) is 24.6 Å². The van der Waals surface area contributed by atoms with E-state index in [1.807, 2.05) is 30.5 Å². The normalized spacial score (nSPS) is 10.9. The van der Waals surface area contributed by atoms with Crippen molar-refractivity contribution in [2.75, 3.05) is 6.54 Å². The molecule has 0 saturated heterocycles. The Balaban J connectivity index is 2.34. The van der Waals surface area contributed by atoms with Crippen LogP contribution in [0.4, 0.5) is 0 Å². The van der Waals surface area contributed by atoms with Gasteiger partial charge in [0, 0.05) is 23.2 Å². The van der Waals surface area contributed by atoms with Gasteiger partial charge < -0.3 is 5.32 Å². The summed E-state index contributed by atoms with van der Waals surface area (Å²) in [6.45, 7) is 3.99. The number of rotatable bonds is 4. The molecule has 0 aliphatic rings. The number of halogens is 1. The monoisotopic (exact) mass is 234 g/mol. The molecule has 2 nitrogen and oxygen atoms in total. The van der Waals surface area contributed by atoms with E-state index in [1.165, 1.54) is 0 Å². The maximum atomic E-state index is 6.08. The lowest BCUT2D eigenvalue weighted by Crippen LogP contribution is -2.14. The molecule has 0 bridgehead atoms. The Morgan fingerprint density at radius 1 is 1.38 bits per heavy atom. The van der Waals surface area contributed by atoms with Crippen LogP contribution in [0.1, 0.15) is 18.9 Å². The summed E-state index contributed by atoms with van der Waals surface area (Å²) >= 11 is 6.08. The summed E-state index contributed by atoms with van der Waals surface area (Å²) < 4.78 is 0. The fourth-order valence-electron chi connectivity index (χ4n) is 1.76. The molecule has 0 spiro atoms. The molecule has 3 heteroatoms. The first kappa shape index (κ1) is 11.4. The molecule has 16 heavy (non-hydrogen) atoms. The predicted molar refractivity (Wildman–Crippen MR) is 68.8 cm³/mol. The van der Waals surface area contributed by atoms with Gasteiger partial charge in [-0.25, -0.2) is 0 Å². The highest BCUT2D eigenvalue weighted by atomic mass is 35.5. The van der Waals surface area contributed by atoms with Crippen LogP contribution in [0, 0.1) is 0 Å². The summed E-state index contributed by atoms with van der Waals surface area (Å²) in [6.07, 6.45) is 2.95. The topological polar surface area (TPSA) is 24.9 Å². The summed E-state index contributed by atoms with van der Waals surface area (Å²) in [5.74, 6) is 0. The fourth-order valence-corrected chi connectivity index (χ4v) is 2.01. The van der Waals surface area contributed by atoms with E-state index >= 15 is 0 Å². The van der Waals surface area contributed by atoms with Gasteiger partial charge in [0.25, 0.3) is 0 Å². The Bertz CT molecular complexity index is 482. The molecular formula is C13H15ClN2. The minimum Gasteiger partial charge on any atom is -0.313 e. The Morgan fingerprint density at radius 3 is 3.06 bits per heavy atom. The average molecular weight is 235 g/mol. The summed E-state index contributed by atoms with van der Waals surface area (Å²) in [4.78, 5) is 4.40. The lowest BCUT2D eigenvalue weighted by molar-refractivity contribution is 0.677. The minimum absolute atomic E-state index is 0.772. The van der Waals surface area contributed by atoms with Crippen molar-refractivity contribution in [2.24, 2.45) is 0 Å². The van der Waals surface area contributed by atoms with Crippen molar-refractivity contribution >= 4 is 22.5 Å². The van der Waals surface area contributed by atoms with Gasteiger partial charge in [0.2, 0.25) is 0 Å². The van der Waals surface area contributed by atoms with Crippen LogP contribution in [0.5, 0.6) is 0 Å². The molecule has 0 fully saturated rings. The number of hydrogen-bond donors (Lipinski definition) is 1. The van der Waals surface area contributed by atoms with E-state index in [2.05, 4.69) is 17.2 Å². The Kier molecular flexibility index (Phi) is 3.75. The number of nitrogens with zero attached hydrogens (tertiary/aromatic N) is 1. The van der Waals surface area contributed by atoms with Crippen LogP contribution in [0.25, 0.3) is 10.9 Å². The lowest BCUT2D eigenvalue weighted by Gasteiger charge is -2.07. The van der Waals surface area contributed by atoms with E-state index < -0.39 is 0 Å². The molecule has 0 unspecified atom stereocenters. The standard InChI is InChI=1S/C13H15ClN2/c1-2-5-15-9-11-8-12(14)7-10-4-3-6-16-13(10)11/h3-4,6-8,15H,2,5,9H2,1H3. The van der Waals surface area contributed by atoms with E-state index in [0.29, 0.717) is 0 Å². The minimum atomic E-state index is 0.772. The smallest absolute Gasteiger partial charge is 0.0747 e. The van der Waals surface area contributed by atoms with Crippen molar-refractivity contribution in [2.45, 2.75) is 19.9 Å². The zero-order valence-corrected chi connectivity index (χ0v) is 10.1. The summed E-state index contributed by atoms with van der Waals surface area (Å²) in [6, 6.07) is 7.91.